The van der Waals surface area contributed by atoms with Gasteiger partial charge < -0.3 is 9.84 Å². The number of Topliss-reactive ketones (excluding diaryl/α,β-unsaturated/α-hetero) is 1. The van der Waals surface area contributed by atoms with Gasteiger partial charge in [0.05, 0.1) is 18.7 Å². The second-order valence-corrected chi connectivity index (χ2v) is 5.70. The van der Waals surface area contributed by atoms with Crippen LogP contribution in [0.4, 0.5) is 0 Å². The number of esters is 1. The third-order valence-corrected chi connectivity index (χ3v) is 4.37. The minimum absolute atomic E-state index is 0.000367. The molecule has 0 radical (unpaired) electrons. The molecule has 2 rings (SSSR count). The van der Waals surface area contributed by atoms with Gasteiger partial charge in [-0.15, -0.1) is 0 Å². The van der Waals surface area contributed by atoms with Gasteiger partial charge in [-0.3, -0.25) is 14.4 Å². The van der Waals surface area contributed by atoms with Crippen LogP contribution in [-0.2, 0) is 25.5 Å². The monoisotopic (exact) mass is 315 g/mol. The van der Waals surface area contributed by atoms with E-state index in [1.54, 1.807) is 24.3 Å². The molecule has 1 aliphatic rings. The lowest BCUT2D eigenvalue weighted by molar-refractivity contribution is -0.164. The first-order valence-corrected chi connectivity index (χ1v) is 7.29. The van der Waals surface area contributed by atoms with Gasteiger partial charge in [0.25, 0.3) is 0 Å². The van der Waals surface area contributed by atoms with Crippen LogP contribution >= 0.6 is 0 Å². The van der Waals surface area contributed by atoms with Gasteiger partial charge in [-0.1, -0.05) is 18.6 Å². The molecule has 6 nitrogen and oxygen atoms in total. The fourth-order valence-corrected chi connectivity index (χ4v) is 3.07. The third kappa shape index (κ3) is 3.09. The van der Waals surface area contributed by atoms with Gasteiger partial charge in [0.1, 0.15) is 11.3 Å². The number of aliphatic carboxylic acids is 1. The first-order valence-electron chi connectivity index (χ1n) is 7.29. The van der Waals surface area contributed by atoms with Crippen molar-refractivity contribution in [3.63, 3.8) is 0 Å². The molecule has 1 N–H and O–H groups in total. The fraction of sp³-hybridized carbons (Fsp3) is 0.412. The molecule has 120 valence electrons. The van der Waals surface area contributed by atoms with E-state index in [0.717, 1.165) is 0 Å². The maximum absolute atomic E-state index is 12.7. The van der Waals surface area contributed by atoms with Crippen molar-refractivity contribution in [2.24, 2.45) is 11.3 Å². The molecule has 23 heavy (non-hydrogen) atoms. The number of ether oxygens (including phenoxy) is 1. The maximum atomic E-state index is 12.7. The van der Waals surface area contributed by atoms with Crippen LogP contribution in [0.5, 0.6) is 0 Å². The summed E-state index contributed by atoms with van der Waals surface area (Å²) in [5.41, 5.74) is -0.517. The second-order valence-electron chi connectivity index (χ2n) is 5.70. The molecule has 0 aliphatic heterocycles. The summed E-state index contributed by atoms with van der Waals surface area (Å²) >= 11 is 0. The number of carbonyl (C=O) groups excluding carboxylic acids is 2. The topological polar surface area (TPSA) is 104 Å². The van der Waals surface area contributed by atoms with E-state index in [0.29, 0.717) is 24.0 Å². The molecule has 0 aromatic heterocycles. The molecule has 0 spiro atoms. The van der Waals surface area contributed by atoms with Crippen molar-refractivity contribution in [1.29, 1.82) is 5.26 Å². The SMILES string of the molecule is COC(=O)C1CCCC(Cc2ccc(C#N)cc2)(C(=O)O)C1=O. The Kier molecular flexibility index (Phi) is 4.80. The molecular formula is C17H17NO5. The Morgan fingerprint density at radius 3 is 2.57 bits per heavy atom. The van der Waals surface area contributed by atoms with Crippen LogP contribution in [0, 0.1) is 22.7 Å². The predicted molar refractivity (Wildman–Crippen MR) is 79.3 cm³/mol. The van der Waals surface area contributed by atoms with E-state index in [-0.39, 0.29) is 12.8 Å². The quantitative estimate of drug-likeness (QED) is 0.670. The second kappa shape index (κ2) is 6.61. The molecule has 0 heterocycles. The van der Waals surface area contributed by atoms with Crippen molar-refractivity contribution < 1.29 is 24.2 Å². The fourth-order valence-electron chi connectivity index (χ4n) is 3.07. The van der Waals surface area contributed by atoms with Crippen LogP contribution < -0.4 is 0 Å². The van der Waals surface area contributed by atoms with Gasteiger partial charge in [-0.25, -0.2) is 0 Å². The summed E-state index contributed by atoms with van der Waals surface area (Å²) in [5, 5.41) is 18.5. The van der Waals surface area contributed by atoms with Gasteiger partial charge in [-0.05, 0) is 37.0 Å². The summed E-state index contributed by atoms with van der Waals surface area (Å²) in [6.45, 7) is 0. The number of ketones is 1. The van der Waals surface area contributed by atoms with E-state index in [4.69, 9.17) is 5.26 Å². The molecule has 1 fully saturated rings. The molecule has 1 aliphatic carbocycles. The first-order chi connectivity index (χ1) is 10.9. The van der Waals surface area contributed by atoms with Gasteiger partial charge in [0.15, 0.2) is 5.78 Å². The number of carboxylic acid groups (broad SMARTS) is 1. The Labute approximate surface area is 133 Å². The smallest absolute Gasteiger partial charge is 0.317 e. The van der Waals surface area contributed by atoms with Gasteiger partial charge in [0.2, 0.25) is 0 Å². The number of nitriles is 1. The molecular weight excluding hydrogens is 298 g/mol. The number of hydrogen-bond acceptors (Lipinski definition) is 5. The van der Waals surface area contributed by atoms with Crippen molar-refractivity contribution in [3.05, 3.63) is 35.4 Å². The Balaban J connectivity index is 2.34. The summed E-state index contributed by atoms with van der Waals surface area (Å²) in [7, 11) is 1.19. The summed E-state index contributed by atoms with van der Waals surface area (Å²) < 4.78 is 4.62. The number of methoxy groups -OCH3 is 1. The van der Waals surface area contributed by atoms with E-state index < -0.39 is 29.1 Å². The highest BCUT2D eigenvalue weighted by Crippen LogP contribution is 2.40. The van der Waals surface area contributed by atoms with Gasteiger partial charge in [-0.2, -0.15) is 5.26 Å². The molecule has 1 aromatic rings. The molecule has 2 atom stereocenters. The summed E-state index contributed by atoms with van der Waals surface area (Å²) in [6.07, 6.45) is 0.969. The number of nitrogens with zero attached hydrogens (tertiary/aromatic N) is 1. The standard InChI is InChI=1S/C17H17NO5/c1-23-15(20)13-3-2-8-17(14(13)19,16(21)22)9-11-4-6-12(10-18)7-5-11/h4-7,13H,2-3,8-9H2,1H3,(H,21,22). The van der Waals surface area contributed by atoms with Crippen LogP contribution in [0.2, 0.25) is 0 Å². The van der Waals surface area contributed by atoms with E-state index in [1.807, 2.05) is 6.07 Å². The largest absolute Gasteiger partial charge is 0.480 e. The summed E-state index contributed by atoms with van der Waals surface area (Å²) in [4.78, 5) is 36.3. The zero-order valence-electron chi connectivity index (χ0n) is 12.7. The lowest BCUT2D eigenvalue weighted by Crippen LogP contribution is -2.49. The van der Waals surface area contributed by atoms with Crippen molar-refractivity contribution in [3.8, 4) is 6.07 Å². The molecule has 6 heteroatoms. The minimum atomic E-state index is -1.62. The zero-order chi connectivity index (χ0) is 17.0. The summed E-state index contributed by atoms with van der Waals surface area (Å²) in [6, 6.07) is 8.42. The maximum Gasteiger partial charge on any atom is 0.317 e. The first kappa shape index (κ1) is 16.7. The normalized spacial score (nSPS) is 23.8. The highest BCUT2D eigenvalue weighted by atomic mass is 16.5. The highest BCUT2D eigenvalue weighted by molar-refractivity contribution is 6.12. The third-order valence-electron chi connectivity index (χ3n) is 4.37. The number of carboxylic acids is 1. The van der Waals surface area contributed by atoms with E-state index >= 15 is 0 Å². The lowest BCUT2D eigenvalue weighted by Gasteiger charge is -2.35. The molecule has 0 bridgehead atoms. The van der Waals surface area contributed by atoms with Crippen molar-refractivity contribution >= 4 is 17.7 Å². The Hall–Kier alpha value is -2.68. The van der Waals surface area contributed by atoms with E-state index in [1.165, 1.54) is 7.11 Å². The van der Waals surface area contributed by atoms with Crippen molar-refractivity contribution in [2.45, 2.75) is 25.7 Å². The van der Waals surface area contributed by atoms with Gasteiger partial charge >= 0.3 is 11.9 Å². The highest BCUT2D eigenvalue weighted by Gasteiger charge is 2.52. The Bertz CT molecular complexity index is 673. The minimum Gasteiger partial charge on any atom is -0.480 e. The lowest BCUT2D eigenvalue weighted by atomic mass is 9.65. The van der Waals surface area contributed by atoms with Crippen LogP contribution in [0.25, 0.3) is 0 Å². The molecule has 1 aromatic carbocycles. The summed E-state index contributed by atoms with van der Waals surface area (Å²) in [5.74, 6) is -3.52. The molecule has 1 saturated carbocycles. The average Bonchev–Trinajstić information content (AvgIpc) is 2.56. The van der Waals surface area contributed by atoms with Crippen molar-refractivity contribution in [1.82, 2.24) is 0 Å². The zero-order valence-corrected chi connectivity index (χ0v) is 12.7. The van der Waals surface area contributed by atoms with E-state index in [2.05, 4.69) is 4.74 Å². The molecule has 2 unspecified atom stereocenters. The predicted octanol–water partition coefficient (Wildman–Crippen LogP) is 1.71. The Morgan fingerprint density at radius 2 is 2.04 bits per heavy atom. The van der Waals surface area contributed by atoms with Crippen LogP contribution in [0.15, 0.2) is 24.3 Å². The van der Waals surface area contributed by atoms with Crippen LogP contribution in [0.1, 0.15) is 30.4 Å². The Morgan fingerprint density at radius 1 is 1.39 bits per heavy atom. The van der Waals surface area contributed by atoms with Crippen molar-refractivity contribution in [2.75, 3.05) is 7.11 Å². The number of hydrogen-bond donors (Lipinski definition) is 1. The van der Waals surface area contributed by atoms with Crippen LogP contribution in [-0.4, -0.2) is 29.9 Å². The van der Waals surface area contributed by atoms with Crippen LogP contribution in [0.3, 0.4) is 0 Å². The van der Waals surface area contributed by atoms with Gasteiger partial charge in [0, 0.05) is 0 Å². The molecule has 0 saturated heterocycles. The average molecular weight is 315 g/mol. The number of rotatable bonds is 4. The molecule has 0 amide bonds. The number of carbonyl (C=O) groups is 3. The van der Waals surface area contributed by atoms with E-state index in [9.17, 15) is 19.5 Å². The number of benzene rings is 1.